The number of hydrogen-bond acceptors (Lipinski definition) is 2. The molecule has 0 aliphatic rings. The Balaban J connectivity index is 2.88. The van der Waals surface area contributed by atoms with Crippen molar-refractivity contribution in [1.82, 2.24) is 4.98 Å². The van der Waals surface area contributed by atoms with Crippen molar-refractivity contribution in [1.29, 1.82) is 0 Å². The summed E-state index contributed by atoms with van der Waals surface area (Å²) in [7, 11) is 0. The molecule has 1 heterocycles. The number of nitrogens with zero attached hydrogens (tertiary/aromatic N) is 1. The highest BCUT2D eigenvalue weighted by molar-refractivity contribution is 9.10. The Morgan fingerprint density at radius 1 is 1.62 bits per heavy atom. The van der Waals surface area contributed by atoms with Crippen LogP contribution in [-0.4, -0.2) is 4.98 Å². The second-order valence-electron chi connectivity index (χ2n) is 3.25. The van der Waals surface area contributed by atoms with Crippen LogP contribution in [0.2, 0.25) is 0 Å². The van der Waals surface area contributed by atoms with Crippen molar-refractivity contribution in [2.75, 3.05) is 0 Å². The number of nitrogens with two attached hydrogens (primary N) is 1. The minimum atomic E-state index is 0.0816. The third-order valence-electron chi connectivity index (χ3n) is 2.04. The van der Waals surface area contributed by atoms with E-state index in [4.69, 9.17) is 5.73 Å². The molecule has 0 amide bonds. The first kappa shape index (κ1) is 10.7. The van der Waals surface area contributed by atoms with E-state index in [2.05, 4.69) is 33.9 Å². The minimum absolute atomic E-state index is 0.0816. The van der Waals surface area contributed by atoms with Crippen LogP contribution in [0.5, 0.6) is 0 Å². The fourth-order valence-corrected chi connectivity index (χ4v) is 1.83. The van der Waals surface area contributed by atoms with E-state index in [1.807, 2.05) is 6.92 Å². The van der Waals surface area contributed by atoms with E-state index in [0.717, 1.165) is 28.6 Å². The standard InChI is InChI=1S/C10H15BrN2/c1-3-4-9(12)10-7(2)5-8(11)6-13-10/h5-6,9H,3-4,12H2,1-2H3/t9-/m1/s1. The first-order valence-corrected chi connectivity index (χ1v) is 5.32. The monoisotopic (exact) mass is 242 g/mol. The van der Waals surface area contributed by atoms with Gasteiger partial charge in [0, 0.05) is 16.7 Å². The molecule has 1 atom stereocenters. The molecule has 0 aliphatic heterocycles. The Hall–Kier alpha value is -0.410. The Morgan fingerprint density at radius 2 is 2.31 bits per heavy atom. The molecule has 0 spiro atoms. The van der Waals surface area contributed by atoms with Crippen LogP contribution >= 0.6 is 15.9 Å². The van der Waals surface area contributed by atoms with Gasteiger partial charge in [-0.3, -0.25) is 4.98 Å². The minimum Gasteiger partial charge on any atom is -0.323 e. The fourth-order valence-electron chi connectivity index (χ4n) is 1.39. The highest BCUT2D eigenvalue weighted by Crippen LogP contribution is 2.20. The SMILES string of the molecule is CCC[C@@H](N)c1ncc(Br)cc1C. The molecular formula is C10H15BrN2. The Labute approximate surface area is 87.7 Å². The molecule has 1 aromatic heterocycles. The predicted molar refractivity (Wildman–Crippen MR) is 58.5 cm³/mol. The van der Waals surface area contributed by atoms with Crippen LogP contribution in [0.4, 0.5) is 0 Å². The number of pyridine rings is 1. The lowest BCUT2D eigenvalue weighted by Crippen LogP contribution is -2.13. The maximum absolute atomic E-state index is 5.98. The zero-order chi connectivity index (χ0) is 9.84. The Morgan fingerprint density at radius 3 is 2.85 bits per heavy atom. The van der Waals surface area contributed by atoms with Gasteiger partial charge in [0.2, 0.25) is 0 Å². The van der Waals surface area contributed by atoms with Gasteiger partial charge in [-0.25, -0.2) is 0 Å². The highest BCUT2D eigenvalue weighted by atomic mass is 79.9. The van der Waals surface area contributed by atoms with Crippen molar-refractivity contribution in [3.05, 3.63) is 28.0 Å². The van der Waals surface area contributed by atoms with Crippen molar-refractivity contribution in [3.63, 3.8) is 0 Å². The summed E-state index contributed by atoms with van der Waals surface area (Å²) in [5.41, 5.74) is 8.16. The van der Waals surface area contributed by atoms with Crippen LogP contribution < -0.4 is 5.73 Å². The Kier molecular flexibility index (Phi) is 3.88. The lowest BCUT2D eigenvalue weighted by atomic mass is 10.1. The molecule has 72 valence electrons. The van der Waals surface area contributed by atoms with Gasteiger partial charge in [-0.2, -0.15) is 0 Å². The average molecular weight is 243 g/mol. The second-order valence-corrected chi connectivity index (χ2v) is 4.17. The quantitative estimate of drug-likeness (QED) is 0.886. The maximum Gasteiger partial charge on any atom is 0.0600 e. The molecule has 0 unspecified atom stereocenters. The van der Waals surface area contributed by atoms with E-state index < -0.39 is 0 Å². The van der Waals surface area contributed by atoms with E-state index >= 15 is 0 Å². The second kappa shape index (κ2) is 4.72. The van der Waals surface area contributed by atoms with Gasteiger partial charge in [0.25, 0.3) is 0 Å². The van der Waals surface area contributed by atoms with Crippen LogP contribution in [0, 0.1) is 6.92 Å². The molecule has 13 heavy (non-hydrogen) atoms. The van der Waals surface area contributed by atoms with Crippen molar-refractivity contribution in [3.8, 4) is 0 Å². The van der Waals surface area contributed by atoms with Crippen LogP contribution in [0.25, 0.3) is 0 Å². The summed E-state index contributed by atoms with van der Waals surface area (Å²) < 4.78 is 1.01. The summed E-state index contributed by atoms with van der Waals surface area (Å²) in [5.74, 6) is 0. The summed E-state index contributed by atoms with van der Waals surface area (Å²) in [4.78, 5) is 4.32. The normalized spacial score (nSPS) is 12.9. The van der Waals surface area contributed by atoms with E-state index in [1.54, 1.807) is 6.20 Å². The predicted octanol–water partition coefficient (Wildman–Crippen LogP) is 2.95. The molecule has 0 bridgehead atoms. The van der Waals surface area contributed by atoms with Gasteiger partial charge in [0.1, 0.15) is 0 Å². The topological polar surface area (TPSA) is 38.9 Å². The van der Waals surface area contributed by atoms with Gasteiger partial charge in [0.05, 0.1) is 5.69 Å². The van der Waals surface area contributed by atoms with E-state index in [1.165, 1.54) is 0 Å². The number of halogens is 1. The summed E-state index contributed by atoms with van der Waals surface area (Å²) in [6.07, 6.45) is 3.89. The molecular weight excluding hydrogens is 228 g/mol. The van der Waals surface area contributed by atoms with E-state index in [-0.39, 0.29) is 6.04 Å². The van der Waals surface area contributed by atoms with Crippen LogP contribution in [0.1, 0.15) is 37.1 Å². The van der Waals surface area contributed by atoms with Crippen molar-refractivity contribution in [2.24, 2.45) is 5.73 Å². The molecule has 0 saturated carbocycles. The first-order valence-electron chi connectivity index (χ1n) is 4.52. The number of rotatable bonds is 3. The fraction of sp³-hybridized carbons (Fsp3) is 0.500. The maximum atomic E-state index is 5.98. The molecule has 0 aliphatic carbocycles. The van der Waals surface area contributed by atoms with Gasteiger partial charge < -0.3 is 5.73 Å². The average Bonchev–Trinajstić information content (AvgIpc) is 2.04. The third kappa shape index (κ3) is 2.78. The smallest absolute Gasteiger partial charge is 0.0600 e. The van der Waals surface area contributed by atoms with Gasteiger partial charge >= 0.3 is 0 Å². The van der Waals surface area contributed by atoms with Crippen molar-refractivity contribution >= 4 is 15.9 Å². The summed E-state index contributed by atoms with van der Waals surface area (Å²) >= 11 is 3.38. The van der Waals surface area contributed by atoms with Crippen LogP contribution in [-0.2, 0) is 0 Å². The van der Waals surface area contributed by atoms with Crippen LogP contribution in [0.15, 0.2) is 16.7 Å². The zero-order valence-corrected chi connectivity index (χ0v) is 9.63. The lowest BCUT2D eigenvalue weighted by molar-refractivity contribution is 0.617. The van der Waals surface area contributed by atoms with Gasteiger partial charge in [-0.05, 0) is 40.9 Å². The van der Waals surface area contributed by atoms with Crippen molar-refractivity contribution in [2.45, 2.75) is 32.7 Å². The van der Waals surface area contributed by atoms with Gasteiger partial charge in [-0.1, -0.05) is 13.3 Å². The van der Waals surface area contributed by atoms with E-state index in [0.29, 0.717) is 0 Å². The molecule has 3 heteroatoms. The summed E-state index contributed by atoms with van der Waals surface area (Å²) in [5, 5.41) is 0. The van der Waals surface area contributed by atoms with Crippen molar-refractivity contribution < 1.29 is 0 Å². The molecule has 0 saturated heterocycles. The molecule has 0 fully saturated rings. The summed E-state index contributed by atoms with van der Waals surface area (Å²) in [6, 6.07) is 2.13. The van der Waals surface area contributed by atoms with Gasteiger partial charge in [-0.15, -0.1) is 0 Å². The lowest BCUT2D eigenvalue weighted by Gasteiger charge is -2.12. The number of aryl methyl sites for hydroxylation is 1. The number of hydrogen-bond donors (Lipinski definition) is 1. The molecule has 2 N–H and O–H groups in total. The number of aromatic nitrogens is 1. The molecule has 0 radical (unpaired) electrons. The first-order chi connectivity index (χ1) is 6.15. The third-order valence-corrected chi connectivity index (χ3v) is 2.47. The molecule has 1 rings (SSSR count). The molecule has 2 nitrogen and oxygen atoms in total. The molecule has 1 aromatic rings. The highest BCUT2D eigenvalue weighted by Gasteiger charge is 2.09. The Bertz CT molecular complexity index is 286. The molecule has 0 aromatic carbocycles. The van der Waals surface area contributed by atoms with E-state index in [9.17, 15) is 0 Å². The van der Waals surface area contributed by atoms with Crippen LogP contribution in [0.3, 0.4) is 0 Å². The van der Waals surface area contributed by atoms with Gasteiger partial charge in [0.15, 0.2) is 0 Å². The largest absolute Gasteiger partial charge is 0.323 e. The zero-order valence-electron chi connectivity index (χ0n) is 8.05. The summed E-state index contributed by atoms with van der Waals surface area (Å²) in [6.45, 7) is 4.18.